The van der Waals surface area contributed by atoms with E-state index in [1.807, 2.05) is 27.7 Å². The highest BCUT2D eigenvalue weighted by atomic mass is 16.6. The number of hydrogen-bond acceptors (Lipinski definition) is 8. The second-order valence-corrected chi connectivity index (χ2v) is 10.7. The maximum atomic E-state index is 13.8. The van der Waals surface area contributed by atoms with Gasteiger partial charge in [-0.05, 0) is 73.1 Å². The molecule has 2 saturated heterocycles. The van der Waals surface area contributed by atoms with Crippen LogP contribution in [0, 0.1) is 5.92 Å². The van der Waals surface area contributed by atoms with Gasteiger partial charge < -0.3 is 18.9 Å². The predicted octanol–water partition coefficient (Wildman–Crippen LogP) is 2.94. The summed E-state index contributed by atoms with van der Waals surface area (Å²) in [6.07, 6.45) is 4.79. The van der Waals surface area contributed by atoms with Gasteiger partial charge in [0.2, 0.25) is 0 Å². The van der Waals surface area contributed by atoms with Gasteiger partial charge in [-0.2, -0.15) is 0 Å². The normalized spacial score (nSPS) is 28.6. The fourth-order valence-corrected chi connectivity index (χ4v) is 5.03. The van der Waals surface area contributed by atoms with Gasteiger partial charge in [-0.1, -0.05) is 0 Å². The van der Waals surface area contributed by atoms with Crippen LogP contribution in [-0.4, -0.2) is 84.8 Å². The summed E-state index contributed by atoms with van der Waals surface area (Å²) in [4.78, 5) is 30.2. The van der Waals surface area contributed by atoms with Crippen LogP contribution in [-0.2, 0) is 28.5 Å². The first-order chi connectivity index (χ1) is 15.0. The fraction of sp³-hybridized carbons (Fsp3) is 0.917. The fourth-order valence-electron chi connectivity index (χ4n) is 5.03. The Hall–Kier alpha value is -1.22. The average molecular weight is 455 g/mol. The van der Waals surface area contributed by atoms with Crippen molar-refractivity contribution in [3.63, 3.8) is 0 Å². The Morgan fingerprint density at radius 2 is 1.59 bits per heavy atom. The molecule has 0 radical (unpaired) electrons. The van der Waals surface area contributed by atoms with Crippen LogP contribution in [0.5, 0.6) is 0 Å². The lowest BCUT2D eigenvalue weighted by atomic mass is 9.87. The Kier molecular flexibility index (Phi) is 7.90. The molecule has 1 aliphatic carbocycles. The van der Waals surface area contributed by atoms with Crippen molar-refractivity contribution in [1.29, 1.82) is 0 Å². The highest BCUT2D eigenvalue weighted by Gasteiger charge is 2.61. The lowest BCUT2D eigenvalue weighted by Crippen LogP contribution is -2.77. The molecule has 1 unspecified atom stereocenters. The standard InChI is InChI=1S/C24H42N2O6/c1-7-30-20(27)18-10-12-19(13-11-18)31-24(25-14-8-9-15-25,21(28)32-22(2,3)4)26-16-23(5,17-26)29-6/h18-19H,7-17H2,1-6H3. The molecule has 2 heterocycles. The van der Waals surface area contributed by atoms with Gasteiger partial charge in [0.15, 0.2) is 0 Å². The Morgan fingerprint density at radius 1 is 1.00 bits per heavy atom. The molecule has 0 aromatic carbocycles. The number of esters is 2. The van der Waals surface area contributed by atoms with E-state index in [1.54, 1.807) is 7.11 Å². The van der Waals surface area contributed by atoms with Crippen molar-refractivity contribution in [2.75, 3.05) is 39.9 Å². The zero-order chi connectivity index (χ0) is 23.6. The molecule has 8 nitrogen and oxygen atoms in total. The van der Waals surface area contributed by atoms with Crippen LogP contribution in [0.15, 0.2) is 0 Å². The summed E-state index contributed by atoms with van der Waals surface area (Å²) in [5.74, 6) is -1.82. The molecule has 0 N–H and O–H groups in total. The SMILES string of the molecule is CCOC(=O)C1CCC(OC(C(=O)OC(C)(C)C)(N2CCCC2)N2CC(C)(OC)C2)CC1. The molecule has 8 heteroatoms. The minimum Gasteiger partial charge on any atom is -0.466 e. The molecule has 0 amide bonds. The molecule has 32 heavy (non-hydrogen) atoms. The number of hydrogen-bond donors (Lipinski definition) is 0. The summed E-state index contributed by atoms with van der Waals surface area (Å²) in [5.41, 5.74) is -0.930. The van der Waals surface area contributed by atoms with E-state index in [2.05, 4.69) is 16.7 Å². The van der Waals surface area contributed by atoms with Crippen LogP contribution in [0.4, 0.5) is 0 Å². The highest BCUT2D eigenvalue weighted by molar-refractivity contribution is 5.79. The summed E-state index contributed by atoms with van der Waals surface area (Å²) in [6, 6.07) is 0. The summed E-state index contributed by atoms with van der Waals surface area (Å²) >= 11 is 0. The first-order valence-electron chi connectivity index (χ1n) is 12.2. The van der Waals surface area contributed by atoms with Crippen molar-refractivity contribution in [3.8, 4) is 0 Å². The van der Waals surface area contributed by atoms with E-state index in [0.717, 1.165) is 38.8 Å². The third-order valence-electron chi connectivity index (χ3n) is 6.80. The maximum absolute atomic E-state index is 13.8. The van der Waals surface area contributed by atoms with E-state index in [-0.39, 0.29) is 29.6 Å². The van der Waals surface area contributed by atoms with Crippen LogP contribution >= 0.6 is 0 Å². The topological polar surface area (TPSA) is 77.5 Å². The second kappa shape index (κ2) is 9.95. The van der Waals surface area contributed by atoms with Crippen LogP contribution in [0.1, 0.15) is 73.1 Å². The van der Waals surface area contributed by atoms with Crippen LogP contribution in [0.3, 0.4) is 0 Å². The summed E-state index contributed by atoms with van der Waals surface area (Å²) in [6.45, 7) is 12.7. The molecule has 0 aromatic heterocycles. The van der Waals surface area contributed by atoms with Crippen molar-refractivity contribution in [3.05, 3.63) is 0 Å². The molecule has 3 rings (SSSR count). The summed E-state index contributed by atoms with van der Waals surface area (Å²) in [7, 11) is 1.71. The van der Waals surface area contributed by atoms with E-state index in [4.69, 9.17) is 18.9 Å². The molecule has 3 fully saturated rings. The van der Waals surface area contributed by atoms with Crippen LogP contribution in [0.2, 0.25) is 0 Å². The highest BCUT2D eigenvalue weighted by Crippen LogP contribution is 2.40. The Balaban J connectivity index is 1.82. The molecule has 184 valence electrons. The van der Waals surface area contributed by atoms with Crippen molar-refractivity contribution >= 4 is 11.9 Å². The summed E-state index contributed by atoms with van der Waals surface area (Å²) in [5, 5.41) is 0. The Labute approximate surface area is 192 Å². The van der Waals surface area contributed by atoms with Gasteiger partial charge in [-0.3, -0.25) is 9.69 Å². The van der Waals surface area contributed by atoms with Gasteiger partial charge in [0.25, 0.3) is 5.85 Å². The average Bonchev–Trinajstić information content (AvgIpc) is 3.24. The monoisotopic (exact) mass is 454 g/mol. The number of nitrogens with zero attached hydrogens (tertiary/aromatic N) is 2. The zero-order valence-corrected chi connectivity index (χ0v) is 20.8. The van der Waals surface area contributed by atoms with E-state index < -0.39 is 11.4 Å². The second-order valence-electron chi connectivity index (χ2n) is 10.7. The van der Waals surface area contributed by atoms with Gasteiger partial charge in [-0.25, -0.2) is 9.69 Å². The quantitative estimate of drug-likeness (QED) is 0.518. The molecular formula is C24H42N2O6. The molecule has 3 aliphatic rings. The van der Waals surface area contributed by atoms with Gasteiger partial charge in [0, 0.05) is 33.3 Å². The first kappa shape index (κ1) is 25.4. The number of likely N-dealkylation sites (tertiary alicyclic amines) is 2. The smallest absolute Gasteiger partial charge is 0.371 e. The third-order valence-corrected chi connectivity index (χ3v) is 6.80. The van der Waals surface area contributed by atoms with Crippen molar-refractivity contribution in [2.45, 2.75) is 96.3 Å². The third kappa shape index (κ3) is 5.46. The number of carbonyl (C=O) groups excluding carboxylic acids is 2. The van der Waals surface area contributed by atoms with Crippen molar-refractivity contribution < 1.29 is 28.5 Å². The molecular weight excluding hydrogens is 412 g/mol. The van der Waals surface area contributed by atoms with Gasteiger partial charge in [0.05, 0.1) is 24.2 Å². The largest absolute Gasteiger partial charge is 0.466 e. The molecule has 1 saturated carbocycles. The Bertz CT molecular complexity index is 658. The van der Waals surface area contributed by atoms with E-state index in [0.29, 0.717) is 32.5 Å². The van der Waals surface area contributed by atoms with Gasteiger partial charge >= 0.3 is 11.9 Å². The maximum Gasteiger partial charge on any atom is 0.371 e. The lowest BCUT2D eigenvalue weighted by molar-refractivity contribution is -0.311. The van der Waals surface area contributed by atoms with E-state index >= 15 is 0 Å². The molecule has 0 aromatic rings. The minimum atomic E-state index is -1.26. The van der Waals surface area contributed by atoms with Crippen LogP contribution in [0.25, 0.3) is 0 Å². The van der Waals surface area contributed by atoms with Crippen molar-refractivity contribution in [2.24, 2.45) is 5.92 Å². The first-order valence-corrected chi connectivity index (χ1v) is 12.2. The molecule has 2 aliphatic heterocycles. The van der Waals surface area contributed by atoms with E-state index in [1.165, 1.54) is 0 Å². The molecule has 0 bridgehead atoms. The number of carbonyl (C=O) groups is 2. The Morgan fingerprint density at radius 3 is 2.09 bits per heavy atom. The number of rotatable bonds is 8. The minimum absolute atomic E-state index is 0.0849. The van der Waals surface area contributed by atoms with Gasteiger partial charge in [0.1, 0.15) is 5.60 Å². The van der Waals surface area contributed by atoms with Crippen LogP contribution < -0.4 is 0 Å². The lowest BCUT2D eigenvalue weighted by Gasteiger charge is -2.57. The number of methoxy groups -OCH3 is 1. The molecule has 0 spiro atoms. The predicted molar refractivity (Wildman–Crippen MR) is 120 cm³/mol. The van der Waals surface area contributed by atoms with Gasteiger partial charge in [-0.15, -0.1) is 0 Å². The van der Waals surface area contributed by atoms with Crippen molar-refractivity contribution in [1.82, 2.24) is 9.80 Å². The molecule has 1 atom stereocenters. The number of ether oxygens (including phenoxy) is 4. The zero-order valence-electron chi connectivity index (χ0n) is 20.8. The van der Waals surface area contributed by atoms with E-state index in [9.17, 15) is 9.59 Å². The summed E-state index contributed by atoms with van der Waals surface area (Å²) < 4.78 is 23.6.